The molecular formula is C22H34N2O4. The third-order valence-corrected chi connectivity index (χ3v) is 5.54. The van der Waals surface area contributed by atoms with E-state index < -0.39 is 5.97 Å². The van der Waals surface area contributed by atoms with Crippen molar-refractivity contribution in [1.82, 2.24) is 4.90 Å². The third kappa shape index (κ3) is 8.30. The van der Waals surface area contributed by atoms with Crippen LogP contribution in [0, 0.1) is 11.8 Å². The predicted molar refractivity (Wildman–Crippen MR) is 109 cm³/mol. The molecule has 0 aromatic rings. The molecule has 1 fully saturated rings. The van der Waals surface area contributed by atoms with Crippen molar-refractivity contribution in [3.05, 3.63) is 36.1 Å². The van der Waals surface area contributed by atoms with Crippen LogP contribution in [0.3, 0.4) is 0 Å². The Morgan fingerprint density at radius 2 is 1.57 bits per heavy atom. The number of nitrogens with two attached hydrogens (primary N) is 1. The summed E-state index contributed by atoms with van der Waals surface area (Å²) in [7, 11) is 4.23. The summed E-state index contributed by atoms with van der Waals surface area (Å²) in [5.41, 5.74) is 6.66. The van der Waals surface area contributed by atoms with Crippen LogP contribution < -0.4 is 5.73 Å². The summed E-state index contributed by atoms with van der Waals surface area (Å²) < 4.78 is 10.2. The Kier molecular flexibility index (Phi) is 9.28. The first-order chi connectivity index (χ1) is 13.4. The first kappa shape index (κ1) is 22.2. The van der Waals surface area contributed by atoms with Crippen molar-refractivity contribution in [3.8, 4) is 0 Å². The van der Waals surface area contributed by atoms with E-state index in [1.165, 1.54) is 12.2 Å². The van der Waals surface area contributed by atoms with Crippen molar-refractivity contribution < 1.29 is 19.1 Å². The summed E-state index contributed by atoms with van der Waals surface area (Å²) in [6.07, 6.45) is 16.0. The SMILES string of the molecule is CN(C)C1CCC(/C=C/C(=O)OCCOC(=O)/C=C/C2CC=C(N)CC2)CC1. The Balaban J connectivity index is 1.55. The second-order valence-electron chi connectivity index (χ2n) is 7.90. The highest BCUT2D eigenvalue weighted by atomic mass is 16.6. The number of hydrogen-bond acceptors (Lipinski definition) is 6. The Labute approximate surface area is 168 Å². The van der Waals surface area contributed by atoms with Crippen LogP contribution in [0.5, 0.6) is 0 Å². The number of ether oxygens (including phenoxy) is 2. The van der Waals surface area contributed by atoms with Crippen molar-refractivity contribution in [2.45, 2.75) is 51.0 Å². The monoisotopic (exact) mass is 390 g/mol. The van der Waals surface area contributed by atoms with E-state index in [4.69, 9.17) is 15.2 Å². The van der Waals surface area contributed by atoms with Gasteiger partial charge >= 0.3 is 11.9 Å². The highest BCUT2D eigenvalue weighted by Crippen LogP contribution is 2.27. The highest BCUT2D eigenvalue weighted by molar-refractivity contribution is 5.82. The van der Waals surface area contributed by atoms with Gasteiger partial charge in [0.15, 0.2) is 0 Å². The molecule has 0 bridgehead atoms. The lowest BCUT2D eigenvalue weighted by molar-refractivity contribution is -0.146. The summed E-state index contributed by atoms with van der Waals surface area (Å²) in [6, 6.07) is 0.646. The molecule has 0 aromatic carbocycles. The van der Waals surface area contributed by atoms with Gasteiger partial charge in [0.1, 0.15) is 13.2 Å². The fourth-order valence-corrected chi connectivity index (χ4v) is 3.67. The first-order valence-corrected chi connectivity index (χ1v) is 10.2. The van der Waals surface area contributed by atoms with Crippen molar-refractivity contribution in [1.29, 1.82) is 0 Å². The molecule has 1 atom stereocenters. The van der Waals surface area contributed by atoms with Crippen LogP contribution in [0.25, 0.3) is 0 Å². The van der Waals surface area contributed by atoms with Gasteiger partial charge in [-0.15, -0.1) is 0 Å². The normalized spacial score (nSPS) is 25.8. The lowest BCUT2D eigenvalue weighted by Gasteiger charge is -2.31. The van der Waals surface area contributed by atoms with Crippen LogP contribution in [0.4, 0.5) is 0 Å². The largest absolute Gasteiger partial charge is 0.459 e. The molecule has 2 N–H and O–H groups in total. The maximum atomic E-state index is 11.8. The van der Waals surface area contributed by atoms with Gasteiger partial charge in [-0.1, -0.05) is 18.2 Å². The Morgan fingerprint density at radius 3 is 2.07 bits per heavy atom. The van der Waals surface area contributed by atoms with Crippen molar-refractivity contribution in [3.63, 3.8) is 0 Å². The quantitative estimate of drug-likeness (QED) is 0.390. The molecule has 0 aromatic heterocycles. The van der Waals surface area contributed by atoms with E-state index in [0.29, 0.717) is 17.9 Å². The molecular weight excluding hydrogens is 356 g/mol. The van der Waals surface area contributed by atoms with E-state index in [9.17, 15) is 9.59 Å². The molecule has 1 saturated carbocycles. The van der Waals surface area contributed by atoms with E-state index in [0.717, 1.165) is 50.6 Å². The molecule has 156 valence electrons. The Bertz CT molecular complexity index is 602. The van der Waals surface area contributed by atoms with Crippen LogP contribution in [-0.2, 0) is 19.1 Å². The molecule has 6 nitrogen and oxygen atoms in total. The second kappa shape index (κ2) is 11.7. The Morgan fingerprint density at radius 1 is 1.00 bits per heavy atom. The molecule has 0 amide bonds. The minimum atomic E-state index is -0.410. The highest BCUT2D eigenvalue weighted by Gasteiger charge is 2.20. The Hall–Kier alpha value is -2.08. The summed E-state index contributed by atoms with van der Waals surface area (Å²) in [4.78, 5) is 25.7. The van der Waals surface area contributed by atoms with Gasteiger partial charge in [0, 0.05) is 23.9 Å². The lowest BCUT2D eigenvalue weighted by Crippen LogP contribution is -2.31. The molecule has 0 aliphatic heterocycles. The van der Waals surface area contributed by atoms with E-state index in [-0.39, 0.29) is 19.2 Å². The first-order valence-electron chi connectivity index (χ1n) is 10.2. The maximum Gasteiger partial charge on any atom is 0.330 e. The fourth-order valence-electron chi connectivity index (χ4n) is 3.67. The molecule has 2 aliphatic carbocycles. The van der Waals surface area contributed by atoms with Gasteiger partial charge in [-0.05, 0) is 70.9 Å². The van der Waals surface area contributed by atoms with Crippen molar-refractivity contribution >= 4 is 11.9 Å². The van der Waals surface area contributed by atoms with Gasteiger partial charge in [-0.3, -0.25) is 0 Å². The molecule has 1 unspecified atom stereocenters. The smallest absolute Gasteiger partial charge is 0.330 e. The average molecular weight is 391 g/mol. The fraction of sp³-hybridized carbons (Fsp3) is 0.636. The molecule has 2 aliphatic rings. The predicted octanol–water partition coefficient (Wildman–Crippen LogP) is 2.95. The summed E-state index contributed by atoms with van der Waals surface area (Å²) in [6.45, 7) is 0.132. The van der Waals surface area contributed by atoms with Gasteiger partial charge in [-0.25, -0.2) is 9.59 Å². The average Bonchev–Trinajstić information content (AvgIpc) is 2.69. The molecule has 6 heteroatoms. The van der Waals surface area contributed by atoms with E-state index >= 15 is 0 Å². The zero-order valence-corrected chi connectivity index (χ0v) is 17.1. The van der Waals surface area contributed by atoms with Gasteiger partial charge in [0.05, 0.1) is 0 Å². The van der Waals surface area contributed by atoms with E-state index in [1.54, 1.807) is 0 Å². The minimum absolute atomic E-state index is 0.0637. The lowest BCUT2D eigenvalue weighted by atomic mass is 9.85. The molecule has 0 heterocycles. The topological polar surface area (TPSA) is 81.9 Å². The standard InChI is InChI=1S/C22H34N2O4/c1-24(2)20-11-5-18(6-12-20)8-14-22(26)28-16-15-27-21(25)13-7-17-3-9-19(23)10-4-17/h7-9,13-14,17-18,20H,3-6,10-12,15-16,23H2,1-2H3/b13-7+,14-8+. The van der Waals surface area contributed by atoms with Gasteiger partial charge in [0.2, 0.25) is 0 Å². The summed E-state index contributed by atoms with van der Waals surface area (Å²) in [5, 5.41) is 0. The summed E-state index contributed by atoms with van der Waals surface area (Å²) >= 11 is 0. The molecule has 0 spiro atoms. The number of carbonyl (C=O) groups excluding carboxylic acids is 2. The van der Waals surface area contributed by atoms with Crippen molar-refractivity contribution in [2.24, 2.45) is 17.6 Å². The molecule has 0 radical (unpaired) electrons. The number of allylic oxidation sites excluding steroid dienone is 4. The number of carbonyl (C=O) groups is 2. The van der Waals surface area contributed by atoms with Crippen molar-refractivity contribution in [2.75, 3.05) is 27.3 Å². The zero-order chi connectivity index (χ0) is 20.4. The van der Waals surface area contributed by atoms with Crippen LogP contribution in [-0.4, -0.2) is 50.2 Å². The number of rotatable bonds is 8. The minimum Gasteiger partial charge on any atom is -0.459 e. The number of esters is 2. The van der Waals surface area contributed by atoms with Gasteiger partial charge < -0.3 is 20.1 Å². The number of nitrogens with zero attached hydrogens (tertiary/aromatic N) is 1. The van der Waals surface area contributed by atoms with Crippen LogP contribution >= 0.6 is 0 Å². The molecule has 2 rings (SSSR count). The zero-order valence-electron chi connectivity index (χ0n) is 17.1. The van der Waals surface area contributed by atoms with Crippen LogP contribution in [0.2, 0.25) is 0 Å². The summed E-state index contributed by atoms with van der Waals surface area (Å²) in [5.74, 6) is -0.0213. The van der Waals surface area contributed by atoms with Gasteiger partial charge in [0.25, 0.3) is 0 Å². The van der Waals surface area contributed by atoms with E-state index in [2.05, 4.69) is 19.0 Å². The third-order valence-electron chi connectivity index (χ3n) is 5.54. The van der Waals surface area contributed by atoms with E-state index in [1.807, 2.05) is 18.2 Å². The van der Waals surface area contributed by atoms with Gasteiger partial charge in [-0.2, -0.15) is 0 Å². The van der Waals surface area contributed by atoms with Crippen LogP contribution in [0.1, 0.15) is 44.9 Å². The maximum absolute atomic E-state index is 11.8. The second-order valence-corrected chi connectivity index (χ2v) is 7.90. The number of hydrogen-bond donors (Lipinski definition) is 1. The molecule has 0 saturated heterocycles. The van der Waals surface area contributed by atoms with Crippen LogP contribution in [0.15, 0.2) is 36.1 Å². The molecule has 28 heavy (non-hydrogen) atoms.